The van der Waals surface area contributed by atoms with E-state index in [9.17, 15) is 4.21 Å². The molecule has 0 aliphatic heterocycles. The van der Waals surface area contributed by atoms with Crippen LogP contribution in [0.4, 0.5) is 11.5 Å². The summed E-state index contributed by atoms with van der Waals surface area (Å²) in [5.74, 6) is 1.37. The minimum atomic E-state index is -0.861. The molecule has 1 aromatic heterocycles. The molecule has 0 fully saturated rings. The number of anilines is 2. The lowest BCUT2D eigenvalue weighted by molar-refractivity contribution is 0.399. The molecule has 0 amide bonds. The summed E-state index contributed by atoms with van der Waals surface area (Å²) in [5.41, 5.74) is 6.14. The topological polar surface area (TPSA) is 90.1 Å². The first-order valence-corrected chi connectivity index (χ1v) is 6.48. The average molecular weight is 244 g/mol. The van der Waals surface area contributed by atoms with Crippen molar-refractivity contribution >= 4 is 22.3 Å². The fourth-order valence-electron chi connectivity index (χ4n) is 1.28. The first-order valence-electron chi connectivity index (χ1n) is 4.75. The minimum Gasteiger partial charge on any atom is -0.479 e. The monoisotopic (exact) mass is 244 g/mol. The summed E-state index contributed by atoms with van der Waals surface area (Å²) in [6.45, 7) is 1.91. The summed E-state index contributed by atoms with van der Waals surface area (Å²) in [6, 6.07) is 0.0211. The van der Waals surface area contributed by atoms with Gasteiger partial charge in [-0.25, -0.2) is 4.98 Å². The summed E-state index contributed by atoms with van der Waals surface area (Å²) in [7, 11) is 0.632. The summed E-state index contributed by atoms with van der Waals surface area (Å²) >= 11 is 0. The lowest BCUT2D eigenvalue weighted by Crippen LogP contribution is -2.23. The van der Waals surface area contributed by atoms with Crippen LogP contribution in [0, 0.1) is 0 Å². The molecule has 90 valence electrons. The quantitative estimate of drug-likeness (QED) is 0.771. The maximum Gasteiger partial charge on any atom is 0.242 e. The Morgan fingerprint density at radius 3 is 2.88 bits per heavy atom. The van der Waals surface area contributed by atoms with Crippen LogP contribution >= 0.6 is 0 Å². The number of nitrogens with zero attached hydrogens (tertiary/aromatic N) is 2. The van der Waals surface area contributed by atoms with Gasteiger partial charge in [-0.2, -0.15) is 4.98 Å². The van der Waals surface area contributed by atoms with Crippen molar-refractivity contribution in [1.29, 1.82) is 0 Å². The number of nitrogens with two attached hydrogens (primary N) is 1. The molecule has 0 aliphatic carbocycles. The van der Waals surface area contributed by atoms with Gasteiger partial charge in [0.15, 0.2) is 5.82 Å². The number of rotatable bonds is 5. The van der Waals surface area contributed by atoms with Gasteiger partial charge in [0.25, 0.3) is 0 Å². The third-order valence-corrected chi connectivity index (χ3v) is 2.88. The Balaban J connectivity index is 2.77. The predicted molar refractivity (Wildman–Crippen MR) is 65.0 cm³/mol. The van der Waals surface area contributed by atoms with Crippen LogP contribution in [0.15, 0.2) is 6.33 Å². The molecule has 1 rings (SSSR count). The van der Waals surface area contributed by atoms with Crippen LogP contribution in [0.5, 0.6) is 5.88 Å². The van der Waals surface area contributed by atoms with Crippen LogP contribution < -0.4 is 15.8 Å². The second-order valence-corrected chi connectivity index (χ2v) is 4.91. The SMILES string of the molecule is COc1ncnc(NC(C)CS(C)=O)c1N. The van der Waals surface area contributed by atoms with Gasteiger partial charge in [0, 0.05) is 28.9 Å². The molecule has 0 bridgehead atoms. The average Bonchev–Trinajstić information content (AvgIpc) is 2.20. The van der Waals surface area contributed by atoms with Crippen molar-refractivity contribution in [3.63, 3.8) is 0 Å². The number of hydrogen-bond donors (Lipinski definition) is 2. The lowest BCUT2D eigenvalue weighted by Gasteiger charge is -2.15. The van der Waals surface area contributed by atoms with E-state index >= 15 is 0 Å². The molecule has 0 aliphatic rings. The van der Waals surface area contributed by atoms with Gasteiger partial charge in [0.2, 0.25) is 5.88 Å². The van der Waals surface area contributed by atoms with Gasteiger partial charge in [-0.3, -0.25) is 4.21 Å². The molecule has 0 radical (unpaired) electrons. The van der Waals surface area contributed by atoms with E-state index < -0.39 is 10.8 Å². The fraction of sp³-hybridized carbons (Fsp3) is 0.556. The zero-order valence-corrected chi connectivity index (χ0v) is 10.4. The molecule has 0 aromatic carbocycles. The Labute approximate surface area is 97.1 Å². The van der Waals surface area contributed by atoms with E-state index in [1.807, 2.05) is 6.92 Å². The molecule has 2 atom stereocenters. The van der Waals surface area contributed by atoms with E-state index in [0.717, 1.165) is 0 Å². The number of hydrogen-bond acceptors (Lipinski definition) is 6. The van der Waals surface area contributed by atoms with Crippen molar-refractivity contribution in [2.24, 2.45) is 0 Å². The number of ether oxygens (including phenoxy) is 1. The van der Waals surface area contributed by atoms with Crippen molar-refractivity contribution in [3.05, 3.63) is 6.33 Å². The van der Waals surface area contributed by atoms with Crippen LogP contribution in [-0.4, -0.2) is 39.3 Å². The molecule has 6 nitrogen and oxygen atoms in total. The van der Waals surface area contributed by atoms with Crippen molar-refractivity contribution < 1.29 is 8.95 Å². The third-order valence-electron chi connectivity index (χ3n) is 1.91. The Hall–Kier alpha value is -1.37. The molecule has 2 unspecified atom stereocenters. The molecular formula is C9H16N4O2S. The lowest BCUT2D eigenvalue weighted by atomic mass is 10.3. The van der Waals surface area contributed by atoms with Gasteiger partial charge in [-0.05, 0) is 6.92 Å². The molecule has 0 saturated heterocycles. The molecule has 1 aromatic rings. The van der Waals surface area contributed by atoms with Gasteiger partial charge in [0.05, 0.1) is 7.11 Å². The first kappa shape index (κ1) is 12.7. The van der Waals surface area contributed by atoms with E-state index in [2.05, 4.69) is 15.3 Å². The summed E-state index contributed by atoms with van der Waals surface area (Å²) < 4.78 is 16.0. The maximum absolute atomic E-state index is 11.0. The Morgan fingerprint density at radius 1 is 1.62 bits per heavy atom. The summed E-state index contributed by atoms with van der Waals surface area (Å²) in [5, 5.41) is 3.07. The highest BCUT2D eigenvalue weighted by Gasteiger charge is 2.11. The van der Waals surface area contributed by atoms with E-state index in [1.54, 1.807) is 6.26 Å². The van der Waals surface area contributed by atoms with Crippen molar-refractivity contribution in [2.75, 3.05) is 30.2 Å². The highest BCUT2D eigenvalue weighted by Crippen LogP contribution is 2.24. The van der Waals surface area contributed by atoms with Gasteiger partial charge in [-0.15, -0.1) is 0 Å². The first-order chi connectivity index (χ1) is 7.54. The maximum atomic E-state index is 11.0. The molecular weight excluding hydrogens is 228 g/mol. The van der Waals surface area contributed by atoms with Crippen LogP contribution in [0.2, 0.25) is 0 Å². The van der Waals surface area contributed by atoms with Crippen LogP contribution in [0.3, 0.4) is 0 Å². The smallest absolute Gasteiger partial charge is 0.242 e. The van der Waals surface area contributed by atoms with Crippen LogP contribution in [0.1, 0.15) is 6.92 Å². The summed E-state index contributed by atoms with van der Waals surface area (Å²) in [4.78, 5) is 7.88. The molecule has 7 heteroatoms. The zero-order valence-electron chi connectivity index (χ0n) is 9.56. The number of aromatic nitrogens is 2. The molecule has 0 spiro atoms. The molecule has 1 heterocycles. The van der Waals surface area contributed by atoms with Crippen LogP contribution in [-0.2, 0) is 10.8 Å². The van der Waals surface area contributed by atoms with E-state index in [-0.39, 0.29) is 6.04 Å². The minimum absolute atomic E-state index is 0.0211. The van der Waals surface area contributed by atoms with Gasteiger partial charge in [0.1, 0.15) is 12.0 Å². The number of nitrogens with one attached hydrogen (secondary N) is 1. The van der Waals surface area contributed by atoms with Crippen LogP contribution in [0.25, 0.3) is 0 Å². The largest absolute Gasteiger partial charge is 0.479 e. The molecule has 3 N–H and O–H groups in total. The predicted octanol–water partition coefficient (Wildman–Crippen LogP) is 0.246. The highest BCUT2D eigenvalue weighted by molar-refractivity contribution is 7.84. The van der Waals surface area contributed by atoms with Gasteiger partial charge < -0.3 is 15.8 Å². The fourth-order valence-corrected chi connectivity index (χ4v) is 2.07. The Morgan fingerprint density at radius 2 is 2.31 bits per heavy atom. The normalized spacial score (nSPS) is 14.2. The van der Waals surface area contributed by atoms with Crippen molar-refractivity contribution in [3.8, 4) is 5.88 Å². The van der Waals surface area contributed by atoms with E-state index in [0.29, 0.717) is 23.1 Å². The van der Waals surface area contributed by atoms with Crippen molar-refractivity contribution in [1.82, 2.24) is 9.97 Å². The van der Waals surface area contributed by atoms with Crippen molar-refractivity contribution in [2.45, 2.75) is 13.0 Å². The Bertz CT molecular complexity index is 386. The molecule has 0 saturated carbocycles. The number of nitrogen functional groups attached to an aromatic ring is 1. The zero-order chi connectivity index (χ0) is 12.1. The summed E-state index contributed by atoms with van der Waals surface area (Å²) in [6.07, 6.45) is 3.02. The van der Waals surface area contributed by atoms with Gasteiger partial charge in [-0.1, -0.05) is 0 Å². The standard InChI is InChI=1S/C9H16N4O2S/c1-6(4-16(3)14)13-8-7(10)9(15-2)12-5-11-8/h5-6H,4,10H2,1-3H3,(H,11,12,13). The second kappa shape index (κ2) is 5.64. The van der Waals surface area contributed by atoms with Gasteiger partial charge >= 0.3 is 0 Å². The van der Waals surface area contributed by atoms with E-state index in [4.69, 9.17) is 10.5 Å². The highest BCUT2D eigenvalue weighted by atomic mass is 32.2. The third kappa shape index (κ3) is 3.34. The Kier molecular flexibility index (Phi) is 4.48. The second-order valence-electron chi connectivity index (χ2n) is 3.43. The number of methoxy groups -OCH3 is 1. The molecule has 16 heavy (non-hydrogen) atoms. The van der Waals surface area contributed by atoms with E-state index in [1.165, 1.54) is 13.4 Å².